The molecular formula is C15H10BrClFNS. The number of benzene rings is 2. The molecule has 0 amide bonds. The summed E-state index contributed by atoms with van der Waals surface area (Å²) in [5, 5.41) is 3.22. The maximum atomic E-state index is 13.6. The fourth-order valence-corrected chi connectivity index (χ4v) is 3.94. The number of rotatable bonds is 2. The topological polar surface area (TPSA) is 26.0 Å². The maximum Gasteiger partial charge on any atom is 0.142 e. The molecule has 102 valence electrons. The Morgan fingerprint density at radius 2 is 2.05 bits per heavy atom. The average molecular weight is 371 g/mol. The van der Waals surface area contributed by atoms with E-state index in [9.17, 15) is 4.39 Å². The van der Waals surface area contributed by atoms with Gasteiger partial charge in [-0.2, -0.15) is 0 Å². The monoisotopic (exact) mass is 369 g/mol. The summed E-state index contributed by atoms with van der Waals surface area (Å²) in [6, 6.07) is 10.3. The normalized spacial score (nSPS) is 12.8. The van der Waals surface area contributed by atoms with Crippen LogP contribution >= 0.6 is 38.9 Å². The largest absolute Gasteiger partial charge is 0.320 e. The lowest BCUT2D eigenvalue weighted by Crippen LogP contribution is -2.11. The van der Waals surface area contributed by atoms with E-state index >= 15 is 0 Å². The van der Waals surface area contributed by atoms with Gasteiger partial charge in [-0.25, -0.2) is 4.39 Å². The van der Waals surface area contributed by atoms with Gasteiger partial charge in [-0.05, 0) is 56.0 Å². The molecule has 1 nitrogen and oxygen atoms in total. The van der Waals surface area contributed by atoms with Crippen LogP contribution in [0.15, 0.2) is 46.3 Å². The van der Waals surface area contributed by atoms with Crippen molar-refractivity contribution < 1.29 is 4.39 Å². The summed E-state index contributed by atoms with van der Waals surface area (Å²) in [5.41, 5.74) is 7.99. The van der Waals surface area contributed by atoms with E-state index in [2.05, 4.69) is 15.9 Å². The van der Waals surface area contributed by atoms with Gasteiger partial charge >= 0.3 is 0 Å². The molecule has 20 heavy (non-hydrogen) atoms. The summed E-state index contributed by atoms with van der Waals surface area (Å²) in [7, 11) is 0. The van der Waals surface area contributed by atoms with Crippen LogP contribution in [0.1, 0.15) is 17.2 Å². The van der Waals surface area contributed by atoms with Crippen LogP contribution in [0.2, 0.25) is 5.02 Å². The minimum Gasteiger partial charge on any atom is -0.320 e. The molecule has 0 aliphatic heterocycles. The van der Waals surface area contributed by atoms with Crippen LogP contribution in [0, 0.1) is 5.82 Å². The van der Waals surface area contributed by atoms with Crippen LogP contribution in [0.3, 0.4) is 0 Å². The zero-order valence-corrected chi connectivity index (χ0v) is 13.4. The van der Waals surface area contributed by atoms with Crippen molar-refractivity contribution in [3.05, 3.63) is 68.2 Å². The third-order valence-corrected chi connectivity index (χ3v) is 5.50. The van der Waals surface area contributed by atoms with Crippen molar-refractivity contribution in [2.45, 2.75) is 6.04 Å². The molecular weight excluding hydrogens is 361 g/mol. The molecule has 0 fully saturated rings. The van der Waals surface area contributed by atoms with E-state index in [-0.39, 0.29) is 11.1 Å². The zero-order chi connectivity index (χ0) is 14.3. The predicted octanol–water partition coefficient (Wildman–Crippen LogP) is 5.50. The lowest BCUT2D eigenvalue weighted by molar-refractivity contribution is 0.624. The summed E-state index contributed by atoms with van der Waals surface area (Å²) in [4.78, 5) is 0. The predicted molar refractivity (Wildman–Crippen MR) is 87.0 cm³/mol. The molecule has 0 bridgehead atoms. The number of thiophene rings is 1. The Morgan fingerprint density at radius 3 is 2.80 bits per heavy atom. The van der Waals surface area contributed by atoms with Crippen molar-refractivity contribution in [3.8, 4) is 0 Å². The maximum absolute atomic E-state index is 13.6. The van der Waals surface area contributed by atoms with Crippen molar-refractivity contribution in [2.24, 2.45) is 5.73 Å². The van der Waals surface area contributed by atoms with Crippen LogP contribution < -0.4 is 5.73 Å². The summed E-state index contributed by atoms with van der Waals surface area (Å²) in [5.74, 6) is -0.444. The molecule has 0 saturated carbocycles. The summed E-state index contributed by atoms with van der Waals surface area (Å²) in [6.07, 6.45) is 0. The number of hydrogen-bond acceptors (Lipinski definition) is 2. The molecule has 3 aromatic rings. The number of hydrogen-bond donors (Lipinski definition) is 1. The SMILES string of the molecule is NC(c1ccc(Cl)c(F)c1)c1csc2c(Br)cccc12. The second-order valence-electron chi connectivity index (χ2n) is 4.46. The van der Waals surface area contributed by atoms with Gasteiger partial charge in [-0.3, -0.25) is 0 Å². The van der Waals surface area contributed by atoms with Gasteiger partial charge in [0.05, 0.1) is 11.1 Å². The highest BCUT2D eigenvalue weighted by molar-refractivity contribution is 9.10. The molecule has 0 aliphatic rings. The smallest absolute Gasteiger partial charge is 0.142 e. The van der Waals surface area contributed by atoms with Crippen molar-refractivity contribution in [2.75, 3.05) is 0 Å². The molecule has 0 spiro atoms. The third-order valence-electron chi connectivity index (χ3n) is 3.22. The number of nitrogens with two attached hydrogens (primary N) is 1. The van der Waals surface area contributed by atoms with E-state index in [4.69, 9.17) is 17.3 Å². The fourth-order valence-electron chi connectivity index (χ4n) is 2.17. The second kappa shape index (κ2) is 5.45. The minimum absolute atomic E-state index is 0.110. The Labute approximate surface area is 133 Å². The number of halogens is 3. The van der Waals surface area contributed by atoms with Crippen molar-refractivity contribution in [1.82, 2.24) is 0 Å². The standard InChI is InChI=1S/C15H10BrClFNS/c16-11-3-1-2-9-10(7-20-15(9)11)14(19)8-4-5-12(17)13(18)6-8/h1-7,14H,19H2. The lowest BCUT2D eigenvalue weighted by atomic mass is 9.99. The van der Waals surface area contributed by atoms with E-state index in [1.807, 2.05) is 23.6 Å². The van der Waals surface area contributed by atoms with E-state index in [1.165, 1.54) is 12.1 Å². The first-order chi connectivity index (χ1) is 9.58. The quantitative estimate of drug-likeness (QED) is 0.633. The van der Waals surface area contributed by atoms with Gasteiger partial charge in [-0.1, -0.05) is 29.8 Å². The molecule has 3 rings (SSSR count). The summed E-state index contributed by atoms with van der Waals surface area (Å²) in [6.45, 7) is 0. The highest BCUT2D eigenvalue weighted by Crippen LogP contribution is 2.36. The van der Waals surface area contributed by atoms with Crippen LogP contribution in [0.25, 0.3) is 10.1 Å². The van der Waals surface area contributed by atoms with Crippen molar-refractivity contribution in [1.29, 1.82) is 0 Å². The first-order valence-corrected chi connectivity index (χ1v) is 7.99. The van der Waals surface area contributed by atoms with Crippen LogP contribution in [-0.4, -0.2) is 0 Å². The molecule has 0 aliphatic carbocycles. The van der Waals surface area contributed by atoms with Crippen molar-refractivity contribution in [3.63, 3.8) is 0 Å². The Hall–Kier alpha value is -0.940. The van der Waals surface area contributed by atoms with Gasteiger partial charge < -0.3 is 5.73 Å². The average Bonchev–Trinajstić information content (AvgIpc) is 2.86. The van der Waals surface area contributed by atoms with Crippen LogP contribution in [0.5, 0.6) is 0 Å². The summed E-state index contributed by atoms with van der Waals surface area (Å²) >= 11 is 10.9. The van der Waals surface area contributed by atoms with Gasteiger partial charge in [0.25, 0.3) is 0 Å². The highest BCUT2D eigenvalue weighted by atomic mass is 79.9. The molecule has 1 aromatic heterocycles. The molecule has 1 atom stereocenters. The molecule has 1 unspecified atom stereocenters. The first-order valence-electron chi connectivity index (χ1n) is 5.94. The van der Waals surface area contributed by atoms with Crippen LogP contribution in [-0.2, 0) is 0 Å². The molecule has 1 heterocycles. The molecule has 2 N–H and O–H groups in total. The zero-order valence-electron chi connectivity index (χ0n) is 10.2. The van der Waals surface area contributed by atoms with E-state index < -0.39 is 5.82 Å². The Bertz CT molecular complexity index is 787. The number of fused-ring (bicyclic) bond motifs is 1. The van der Waals surface area contributed by atoms with E-state index in [0.717, 1.165) is 20.1 Å². The molecule has 2 aromatic carbocycles. The molecule has 5 heteroatoms. The first kappa shape index (κ1) is 14.0. The second-order valence-corrected chi connectivity index (χ2v) is 6.60. The van der Waals surface area contributed by atoms with Gasteiger partial charge in [0, 0.05) is 9.17 Å². The summed E-state index contributed by atoms with van der Waals surface area (Å²) < 4.78 is 15.8. The molecule has 0 radical (unpaired) electrons. The molecule has 0 saturated heterocycles. The van der Waals surface area contributed by atoms with Crippen molar-refractivity contribution >= 4 is 49.0 Å². The third kappa shape index (κ3) is 2.37. The van der Waals surface area contributed by atoms with E-state index in [0.29, 0.717) is 5.56 Å². The highest BCUT2D eigenvalue weighted by Gasteiger charge is 2.16. The Morgan fingerprint density at radius 1 is 1.25 bits per heavy atom. The van der Waals surface area contributed by atoms with E-state index in [1.54, 1.807) is 17.4 Å². The van der Waals surface area contributed by atoms with Gasteiger partial charge in [0.1, 0.15) is 5.82 Å². The fraction of sp³-hybridized carbons (Fsp3) is 0.0667. The van der Waals surface area contributed by atoms with Gasteiger partial charge in [0.2, 0.25) is 0 Å². The van der Waals surface area contributed by atoms with Crippen LogP contribution in [0.4, 0.5) is 4.39 Å². The Balaban J connectivity index is 2.10. The lowest BCUT2D eigenvalue weighted by Gasteiger charge is -2.12. The van der Waals surface area contributed by atoms with Gasteiger partial charge in [-0.15, -0.1) is 11.3 Å². The van der Waals surface area contributed by atoms with Gasteiger partial charge in [0.15, 0.2) is 0 Å². The minimum atomic E-state index is -0.444. The Kier molecular flexibility index (Phi) is 3.82.